The molecule has 2 fully saturated rings. The summed E-state index contributed by atoms with van der Waals surface area (Å²) in [5, 5.41) is 4.75. The van der Waals surface area contributed by atoms with E-state index in [9.17, 15) is 14.4 Å². The van der Waals surface area contributed by atoms with Gasteiger partial charge in [0.2, 0.25) is 11.8 Å². The molecule has 7 heteroatoms. The van der Waals surface area contributed by atoms with E-state index in [0.29, 0.717) is 43.3 Å². The molecule has 1 N–H and O–H groups in total. The molecule has 3 amide bonds. The zero-order valence-electron chi connectivity index (χ0n) is 15.8. The van der Waals surface area contributed by atoms with Crippen LogP contribution in [0.15, 0.2) is 41.8 Å². The smallest absolute Gasteiger partial charge is 0.253 e. The molecule has 1 aliphatic carbocycles. The number of nitrogens with zero attached hydrogens (tertiary/aromatic N) is 2. The molecule has 4 rings (SSSR count). The Balaban J connectivity index is 1.29. The minimum atomic E-state index is -0.142. The number of hydrogen-bond acceptors (Lipinski definition) is 4. The number of carbonyl (C=O) groups excluding carboxylic acids is 3. The topological polar surface area (TPSA) is 69.7 Å². The molecular weight excluding hydrogens is 374 g/mol. The summed E-state index contributed by atoms with van der Waals surface area (Å²) in [5.74, 6) is 0.544. The molecule has 0 unspecified atom stereocenters. The summed E-state index contributed by atoms with van der Waals surface area (Å²) < 4.78 is 0. The third-order valence-corrected chi connectivity index (χ3v) is 6.35. The standard InChI is InChI=1S/C21H23N3O3S/c1-14(25)22-16-6-4-15(5-7-16)20(26)23-8-10-24(11-9-23)21(27)18-13-17(18)19-3-2-12-28-19/h2-7,12,17-18H,8-11,13H2,1H3,(H,22,25)/t17-,18-/m1/s1. The third kappa shape index (κ3) is 3.94. The minimum absolute atomic E-state index is 0.0376. The second-order valence-corrected chi connectivity index (χ2v) is 8.32. The fraction of sp³-hybridized carbons (Fsp3) is 0.381. The van der Waals surface area contributed by atoms with Crippen molar-refractivity contribution >= 4 is 34.7 Å². The van der Waals surface area contributed by atoms with Crippen molar-refractivity contribution in [3.05, 3.63) is 52.2 Å². The first-order valence-corrected chi connectivity index (χ1v) is 10.4. The van der Waals surface area contributed by atoms with Crippen molar-refractivity contribution < 1.29 is 14.4 Å². The fourth-order valence-corrected chi connectivity index (χ4v) is 4.64. The van der Waals surface area contributed by atoms with Gasteiger partial charge in [0.1, 0.15) is 0 Å². The Morgan fingerprint density at radius 1 is 1.00 bits per heavy atom. The summed E-state index contributed by atoms with van der Waals surface area (Å²) in [7, 11) is 0. The highest BCUT2D eigenvalue weighted by Gasteiger charge is 2.46. The van der Waals surface area contributed by atoms with E-state index in [1.54, 1.807) is 40.5 Å². The summed E-state index contributed by atoms with van der Waals surface area (Å²) in [6.07, 6.45) is 0.944. The van der Waals surface area contributed by atoms with Gasteiger partial charge >= 0.3 is 0 Å². The number of hydrogen-bond donors (Lipinski definition) is 1. The average Bonchev–Trinajstić information content (AvgIpc) is 3.31. The van der Waals surface area contributed by atoms with E-state index in [1.807, 2.05) is 11.0 Å². The Hall–Kier alpha value is -2.67. The van der Waals surface area contributed by atoms with Gasteiger partial charge in [-0.15, -0.1) is 11.3 Å². The van der Waals surface area contributed by atoms with E-state index in [1.165, 1.54) is 11.8 Å². The Kier molecular flexibility index (Phi) is 5.17. The number of rotatable bonds is 4. The van der Waals surface area contributed by atoms with Crippen LogP contribution < -0.4 is 5.32 Å². The number of benzene rings is 1. The molecule has 1 aromatic heterocycles. The molecule has 1 saturated heterocycles. The van der Waals surface area contributed by atoms with Crippen LogP contribution in [0.3, 0.4) is 0 Å². The van der Waals surface area contributed by atoms with Crippen molar-refractivity contribution in [2.45, 2.75) is 19.3 Å². The summed E-state index contributed by atoms with van der Waals surface area (Å²) in [6.45, 7) is 3.72. The predicted molar refractivity (Wildman–Crippen MR) is 108 cm³/mol. The molecule has 28 heavy (non-hydrogen) atoms. The fourth-order valence-electron chi connectivity index (χ4n) is 3.73. The highest BCUT2D eigenvalue weighted by atomic mass is 32.1. The van der Waals surface area contributed by atoms with E-state index in [2.05, 4.69) is 16.8 Å². The largest absolute Gasteiger partial charge is 0.339 e. The highest BCUT2D eigenvalue weighted by molar-refractivity contribution is 7.10. The van der Waals surface area contributed by atoms with E-state index >= 15 is 0 Å². The molecule has 2 atom stereocenters. The van der Waals surface area contributed by atoms with E-state index in [0.717, 1.165) is 6.42 Å². The molecule has 146 valence electrons. The van der Waals surface area contributed by atoms with Crippen LogP contribution in [-0.2, 0) is 9.59 Å². The van der Waals surface area contributed by atoms with E-state index < -0.39 is 0 Å². The molecule has 1 aliphatic heterocycles. The first kappa shape index (κ1) is 18.7. The van der Waals surface area contributed by atoms with Crippen molar-refractivity contribution in [3.63, 3.8) is 0 Å². The van der Waals surface area contributed by atoms with Gasteiger partial charge in [0, 0.05) is 61.1 Å². The van der Waals surface area contributed by atoms with Crippen LogP contribution in [0.1, 0.15) is 34.5 Å². The third-order valence-electron chi connectivity index (χ3n) is 5.35. The van der Waals surface area contributed by atoms with E-state index in [-0.39, 0.29) is 23.6 Å². The van der Waals surface area contributed by atoms with Gasteiger partial charge in [-0.3, -0.25) is 14.4 Å². The first-order chi connectivity index (χ1) is 13.5. The first-order valence-electron chi connectivity index (χ1n) is 9.52. The van der Waals surface area contributed by atoms with Crippen LogP contribution in [0.25, 0.3) is 0 Å². The lowest BCUT2D eigenvalue weighted by atomic mass is 10.1. The van der Waals surface area contributed by atoms with Crippen LogP contribution in [0.4, 0.5) is 5.69 Å². The summed E-state index contributed by atoms with van der Waals surface area (Å²) >= 11 is 1.72. The minimum Gasteiger partial charge on any atom is -0.339 e. The van der Waals surface area contributed by atoms with Crippen molar-refractivity contribution in [1.29, 1.82) is 0 Å². The normalized spacial score (nSPS) is 21.3. The van der Waals surface area contributed by atoms with Crippen LogP contribution in [-0.4, -0.2) is 53.7 Å². The van der Waals surface area contributed by atoms with E-state index in [4.69, 9.17) is 0 Å². The SMILES string of the molecule is CC(=O)Nc1ccc(C(=O)N2CCN(C(=O)[C@@H]3C[C@H]3c3cccs3)CC2)cc1. The average molecular weight is 398 g/mol. The molecule has 2 aliphatic rings. The molecule has 1 saturated carbocycles. The van der Waals surface area contributed by atoms with Crippen LogP contribution >= 0.6 is 11.3 Å². The number of piperazine rings is 1. The summed E-state index contributed by atoms with van der Waals surface area (Å²) in [6, 6.07) is 11.0. The molecule has 0 bridgehead atoms. The molecular formula is C21H23N3O3S. The quantitative estimate of drug-likeness (QED) is 0.863. The van der Waals surface area contributed by atoms with Crippen molar-refractivity contribution in [1.82, 2.24) is 9.80 Å². The van der Waals surface area contributed by atoms with Crippen molar-refractivity contribution in [2.24, 2.45) is 5.92 Å². The number of anilines is 1. The Bertz CT molecular complexity index is 871. The maximum absolute atomic E-state index is 12.7. The maximum Gasteiger partial charge on any atom is 0.253 e. The van der Waals surface area contributed by atoms with Crippen LogP contribution in [0, 0.1) is 5.92 Å². The zero-order chi connectivity index (χ0) is 19.7. The van der Waals surface area contributed by atoms with Gasteiger partial charge in [-0.1, -0.05) is 6.07 Å². The Labute approximate surface area is 168 Å². The Morgan fingerprint density at radius 2 is 1.68 bits per heavy atom. The summed E-state index contributed by atoms with van der Waals surface area (Å²) in [4.78, 5) is 41.5. The molecule has 2 aromatic rings. The summed E-state index contributed by atoms with van der Waals surface area (Å²) in [5.41, 5.74) is 1.26. The van der Waals surface area contributed by atoms with Gasteiger partial charge in [-0.2, -0.15) is 0 Å². The van der Waals surface area contributed by atoms with Gasteiger partial charge in [-0.05, 0) is 42.1 Å². The second-order valence-electron chi connectivity index (χ2n) is 7.34. The lowest BCUT2D eigenvalue weighted by Gasteiger charge is -2.35. The van der Waals surface area contributed by atoms with Crippen molar-refractivity contribution in [3.8, 4) is 0 Å². The van der Waals surface area contributed by atoms with Gasteiger partial charge in [0.15, 0.2) is 0 Å². The lowest BCUT2D eigenvalue weighted by molar-refractivity contribution is -0.134. The van der Waals surface area contributed by atoms with Gasteiger partial charge in [0.25, 0.3) is 5.91 Å². The molecule has 0 radical (unpaired) electrons. The van der Waals surface area contributed by atoms with Crippen molar-refractivity contribution in [2.75, 3.05) is 31.5 Å². The molecule has 1 aromatic carbocycles. The Morgan fingerprint density at radius 3 is 2.29 bits per heavy atom. The number of nitrogens with one attached hydrogen (secondary N) is 1. The molecule has 6 nitrogen and oxygen atoms in total. The number of carbonyl (C=O) groups is 3. The molecule has 2 heterocycles. The number of amides is 3. The van der Waals surface area contributed by atoms with Gasteiger partial charge < -0.3 is 15.1 Å². The van der Waals surface area contributed by atoms with Crippen LogP contribution in [0.2, 0.25) is 0 Å². The lowest BCUT2D eigenvalue weighted by Crippen LogP contribution is -2.51. The highest BCUT2D eigenvalue weighted by Crippen LogP contribution is 2.50. The second kappa shape index (κ2) is 7.75. The maximum atomic E-state index is 12.7. The molecule has 0 spiro atoms. The number of thiophene rings is 1. The zero-order valence-corrected chi connectivity index (χ0v) is 16.6. The van der Waals surface area contributed by atoms with Gasteiger partial charge in [-0.25, -0.2) is 0 Å². The van der Waals surface area contributed by atoms with Crippen LogP contribution in [0.5, 0.6) is 0 Å². The monoisotopic (exact) mass is 397 g/mol. The van der Waals surface area contributed by atoms with Gasteiger partial charge in [0.05, 0.1) is 0 Å². The predicted octanol–water partition coefficient (Wildman–Crippen LogP) is 2.79.